The van der Waals surface area contributed by atoms with Crippen molar-refractivity contribution in [3.05, 3.63) is 29.3 Å². The molecule has 1 aromatic carbocycles. The third-order valence-electron chi connectivity index (χ3n) is 4.69. The summed E-state index contributed by atoms with van der Waals surface area (Å²) in [5, 5.41) is 0. The molecule has 1 unspecified atom stereocenters. The molecular weight excluding hydrogens is 314 g/mol. The molecule has 0 fully saturated rings. The fourth-order valence-corrected chi connectivity index (χ4v) is 4.69. The molecule has 1 atom stereocenters. The van der Waals surface area contributed by atoms with Gasteiger partial charge < -0.3 is 9.33 Å². The van der Waals surface area contributed by atoms with Gasteiger partial charge in [-0.25, -0.2) is 0 Å². The molecule has 0 N–H and O–H groups in total. The van der Waals surface area contributed by atoms with Gasteiger partial charge >= 0.3 is 0 Å². The van der Waals surface area contributed by atoms with Crippen LogP contribution < -0.4 is 4.90 Å². The molecule has 0 saturated carbocycles. The number of carbonyl (C=O) groups excluding carboxylic acids is 1. The minimum Gasteiger partial charge on any atom is -0.413 e. The highest BCUT2D eigenvalue weighted by Gasteiger charge is 2.41. The van der Waals surface area contributed by atoms with Crippen molar-refractivity contribution in [3.63, 3.8) is 0 Å². The van der Waals surface area contributed by atoms with Crippen LogP contribution >= 0.6 is 0 Å². The van der Waals surface area contributed by atoms with Crippen LogP contribution in [0.4, 0.5) is 5.69 Å². The maximum absolute atomic E-state index is 13.0. The van der Waals surface area contributed by atoms with Gasteiger partial charge in [-0.15, -0.1) is 0 Å². The van der Waals surface area contributed by atoms with E-state index in [2.05, 4.69) is 51.8 Å². The minimum absolute atomic E-state index is 0.0121. The molecule has 134 valence electrons. The van der Waals surface area contributed by atoms with Crippen molar-refractivity contribution in [1.82, 2.24) is 0 Å². The molecule has 0 amide bonds. The SMILES string of the molecule is CCN1CC(C)(C)C(=O)c2cccc(C(O[SiH](C)C)C(C)(C)C)c21. The fourth-order valence-electron chi connectivity index (χ4n) is 3.59. The molecule has 1 aliphatic rings. The van der Waals surface area contributed by atoms with E-state index in [0.29, 0.717) is 0 Å². The zero-order valence-electron chi connectivity index (χ0n) is 16.6. The highest BCUT2D eigenvalue weighted by atomic mass is 28.3. The second-order valence-corrected chi connectivity index (χ2v) is 11.3. The van der Waals surface area contributed by atoms with Crippen molar-refractivity contribution in [2.45, 2.75) is 60.7 Å². The normalized spacial score (nSPS) is 18.7. The molecule has 0 radical (unpaired) electrons. The Labute approximate surface area is 149 Å². The van der Waals surface area contributed by atoms with Crippen LogP contribution in [0.5, 0.6) is 0 Å². The molecule has 1 heterocycles. The molecule has 4 heteroatoms. The van der Waals surface area contributed by atoms with Crippen molar-refractivity contribution in [2.24, 2.45) is 10.8 Å². The Morgan fingerprint density at radius 1 is 1.29 bits per heavy atom. The summed E-state index contributed by atoms with van der Waals surface area (Å²) in [7, 11) is -1.21. The number of benzene rings is 1. The number of carbonyl (C=O) groups is 1. The van der Waals surface area contributed by atoms with Crippen molar-refractivity contribution in [1.29, 1.82) is 0 Å². The summed E-state index contributed by atoms with van der Waals surface area (Å²) < 4.78 is 6.45. The van der Waals surface area contributed by atoms with Gasteiger partial charge in [-0.05, 0) is 31.5 Å². The number of anilines is 1. The van der Waals surface area contributed by atoms with E-state index in [1.165, 1.54) is 5.56 Å². The van der Waals surface area contributed by atoms with Gasteiger partial charge in [0.25, 0.3) is 0 Å². The largest absolute Gasteiger partial charge is 0.413 e. The molecule has 0 saturated heterocycles. The number of fused-ring (bicyclic) bond motifs is 1. The lowest BCUT2D eigenvalue weighted by Gasteiger charge is -2.43. The summed E-state index contributed by atoms with van der Waals surface area (Å²) in [5.74, 6) is 0.249. The summed E-state index contributed by atoms with van der Waals surface area (Å²) in [5.41, 5.74) is 2.77. The minimum atomic E-state index is -1.21. The van der Waals surface area contributed by atoms with E-state index in [1.54, 1.807) is 0 Å². The monoisotopic (exact) mass is 347 g/mol. The average Bonchev–Trinajstić information content (AvgIpc) is 2.46. The molecule has 1 aliphatic heterocycles. The Morgan fingerprint density at radius 2 is 1.92 bits per heavy atom. The Bertz CT molecular complexity index is 617. The van der Waals surface area contributed by atoms with Crippen LogP contribution in [-0.2, 0) is 4.43 Å². The Hall–Kier alpha value is -1.13. The van der Waals surface area contributed by atoms with E-state index >= 15 is 0 Å². The van der Waals surface area contributed by atoms with Crippen molar-refractivity contribution < 1.29 is 9.22 Å². The van der Waals surface area contributed by atoms with Gasteiger partial charge in [0.15, 0.2) is 14.8 Å². The zero-order chi connectivity index (χ0) is 18.3. The first-order valence-corrected chi connectivity index (χ1v) is 11.8. The predicted molar refractivity (Wildman–Crippen MR) is 105 cm³/mol. The lowest BCUT2D eigenvalue weighted by molar-refractivity contribution is 0.0813. The number of nitrogens with zero attached hydrogens (tertiary/aromatic N) is 1. The number of para-hydroxylation sites is 1. The summed E-state index contributed by atoms with van der Waals surface area (Å²) in [6.45, 7) is 19.0. The number of Topliss-reactive ketones (excluding diaryl/α,β-unsaturated/α-hetero) is 1. The Balaban J connectivity index is 2.65. The van der Waals surface area contributed by atoms with Crippen molar-refractivity contribution in [3.8, 4) is 0 Å². The van der Waals surface area contributed by atoms with Gasteiger partial charge in [0.2, 0.25) is 0 Å². The predicted octanol–water partition coefficient (Wildman–Crippen LogP) is 4.82. The van der Waals surface area contributed by atoms with E-state index in [9.17, 15) is 4.79 Å². The first-order chi connectivity index (χ1) is 11.0. The van der Waals surface area contributed by atoms with Gasteiger partial charge in [-0.3, -0.25) is 4.79 Å². The maximum Gasteiger partial charge on any atom is 0.172 e. The van der Waals surface area contributed by atoms with E-state index in [0.717, 1.165) is 24.3 Å². The third kappa shape index (κ3) is 3.59. The fraction of sp³-hybridized carbons (Fsp3) is 0.650. The van der Waals surface area contributed by atoms with Crippen LogP contribution in [0.1, 0.15) is 63.6 Å². The van der Waals surface area contributed by atoms with Gasteiger partial charge in [0.05, 0.1) is 11.8 Å². The number of ketones is 1. The smallest absolute Gasteiger partial charge is 0.172 e. The second kappa shape index (κ2) is 6.64. The Kier molecular flexibility index (Phi) is 5.31. The average molecular weight is 348 g/mol. The summed E-state index contributed by atoms with van der Waals surface area (Å²) >= 11 is 0. The molecule has 0 bridgehead atoms. The number of hydrogen-bond acceptors (Lipinski definition) is 3. The van der Waals surface area contributed by atoms with Crippen molar-refractivity contribution in [2.75, 3.05) is 18.0 Å². The lowest BCUT2D eigenvalue weighted by Crippen LogP contribution is -2.45. The van der Waals surface area contributed by atoms with Crippen LogP contribution in [-0.4, -0.2) is 27.9 Å². The Morgan fingerprint density at radius 3 is 2.42 bits per heavy atom. The van der Waals surface area contributed by atoms with E-state index in [-0.39, 0.29) is 22.7 Å². The molecular formula is C20H33NO2Si. The van der Waals surface area contributed by atoms with Crippen LogP contribution in [0.25, 0.3) is 0 Å². The van der Waals surface area contributed by atoms with Crippen molar-refractivity contribution >= 4 is 20.5 Å². The standard InChI is InChI=1S/C20H33NO2Si/c1-9-21-13-20(5,6)17(22)14-11-10-12-15(16(14)21)18(19(2,3)4)23-24(7)8/h10-12,18,24H,9,13H2,1-8H3. The molecule has 0 aliphatic carbocycles. The summed E-state index contributed by atoms with van der Waals surface area (Å²) in [6.07, 6.45) is 0.0159. The summed E-state index contributed by atoms with van der Waals surface area (Å²) in [6, 6.07) is 6.16. The van der Waals surface area contributed by atoms with Gasteiger partial charge in [0.1, 0.15) is 0 Å². The zero-order valence-corrected chi connectivity index (χ0v) is 17.7. The topological polar surface area (TPSA) is 29.5 Å². The maximum atomic E-state index is 13.0. The van der Waals surface area contributed by atoms with E-state index in [4.69, 9.17) is 4.43 Å². The highest BCUT2D eigenvalue weighted by Crippen LogP contribution is 2.45. The first kappa shape index (κ1) is 19.2. The summed E-state index contributed by atoms with van der Waals surface area (Å²) in [4.78, 5) is 15.3. The number of hydrogen-bond donors (Lipinski definition) is 0. The van der Waals surface area contributed by atoms with Crippen LogP contribution in [0.15, 0.2) is 18.2 Å². The third-order valence-corrected chi connectivity index (χ3v) is 5.50. The quantitative estimate of drug-likeness (QED) is 0.731. The number of rotatable bonds is 4. The van der Waals surface area contributed by atoms with E-state index < -0.39 is 9.04 Å². The van der Waals surface area contributed by atoms with E-state index in [1.807, 2.05) is 26.0 Å². The molecule has 0 aromatic heterocycles. The first-order valence-electron chi connectivity index (χ1n) is 9.07. The molecule has 3 nitrogen and oxygen atoms in total. The molecule has 1 aromatic rings. The van der Waals surface area contributed by atoms with Crippen LogP contribution in [0.2, 0.25) is 13.1 Å². The van der Waals surface area contributed by atoms with Gasteiger partial charge in [-0.2, -0.15) is 0 Å². The van der Waals surface area contributed by atoms with Gasteiger partial charge in [0, 0.05) is 29.6 Å². The second-order valence-electron chi connectivity index (χ2n) is 8.90. The van der Waals surface area contributed by atoms with Gasteiger partial charge in [-0.1, -0.05) is 46.8 Å². The lowest BCUT2D eigenvalue weighted by atomic mass is 9.76. The molecule has 0 spiro atoms. The molecule has 2 rings (SSSR count). The highest BCUT2D eigenvalue weighted by molar-refractivity contribution is 6.48. The van der Waals surface area contributed by atoms with Crippen LogP contribution in [0, 0.1) is 10.8 Å². The van der Waals surface area contributed by atoms with Crippen LogP contribution in [0.3, 0.4) is 0 Å². The molecule has 24 heavy (non-hydrogen) atoms.